The van der Waals surface area contributed by atoms with Gasteiger partial charge in [0.15, 0.2) is 0 Å². The van der Waals surface area contributed by atoms with Crippen molar-refractivity contribution in [2.45, 2.75) is 33.6 Å². The molecule has 0 amide bonds. The molecular formula is C16H21NO2S. The average Bonchev–Trinajstić information content (AvgIpc) is 2.97. The van der Waals surface area contributed by atoms with Gasteiger partial charge in [0, 0.05) is 17.4 Å². The van der Waals surface area contributed by atoms with E-state index in [1.165, 1.54) is 0 Å². The molecule has 1 heterocycles. The zero-order valence-corrected chi connectivity index (χ0v) is 13.1. The summed E-state index contributed by atoms with van der Waals surface area (Å²) >= 11 is 1.59. The summed E-state index contributed by atoms with van der Waals surface area (Å²) in [6.45, 7) is 6.25. The van der Waals surface area contributed by atoms with Crippen molar-refractivity contribution in [1.29, 1.82) is 0 Å². The summed E-state index contributed by atoms with van der Waals surface area (Å²) in [5.74, 6) is -0.158. The number of hydrogen-bond donors (Lipinski definition) is 0. The molecule has 108 valence electrons. The topological polar surface area (TPSA) is 39.2 Å². The molecule has 0 unspecified atom stereocenters. The number of rotatable bonds is 5. The number of thiazole rings is 1. The Morgan fingerprint density at radius 1 is 1.25 bits per heavy atom. The summed E-state index contributed by atoms with van der Waals surface area (Å²) in [6.07, 6.45) is 1.05. The second kappa shape index (κ2) is 9.26. The number of nitrogens with zero attached hydrogens (tertiary/aromatic N) is 1. The zero-order chi connectivity index (χ0) is 14.8. The van der Waals surface area contributed by atoms with Gasteiger partial charge in [0.05, 0.1) is 23.7 Å². The molecule has 0 fully saturated rings. The van der Waals surface area contributed by atoms with Gasteiger partial charge in [-0.25, -0.2) is 4.98 Å². The molecule has 0 radical (unpaired) electrons. The van der Waals surface area contributed by atoms with Crippen LogP contribution in [0, 0.1) is 0 Å². The molecule has 0 N–H and O–H groups in total. The molecule has 0 atom stereocenters. The molecule has 20 heavy (non-hydrogen) atoms. The maximum absolute atomic E-state index is 11.2. The van der Waals surface area contributed by atoms with E-state index in [1.807, 2.05) is 56.5 Å². The van der Waals surface area contributed by atoms with Gasteiger partial charge in [-0.2, -0.15) is 0 Å². The van der Waals surface area contributed by atoms with Crippen LogP contribution in [-0.2, 0) is 16.0 Å². The monoisotopic (exact) mass is 291 g/mol. The number of esters is 1. The van der Waals surface area contributed by atoms with E-state index in [0.717, 1.165) is 16.3 Å². The van der Waals surface area contributed by atoms with E-state index in [-0.39, 0.29) is 5.97 Å². The van der Waals surface area contributed by atoms with Crippen LogP contribution in [0.3, 0.4) is 0 Å². The van der Waals surface area contributed by atoms with Gasteiger partial charge >= 0.3 is 5.97 Å². The molecule has 2 aromatic rings. The Labute approximate surface area is 124 Å². The van der Waals surface area contributed by atoms with E-state index < -0.39 is 0 Å². The molecular weight excluding hydrogens is 270 g/mol. The summed E-state index contributed by atoms with van der Waals surface area (Å²) in [5.41, 5.74) is 2.08. The highest BCUT2D eigenvalue weighted by Crippen LogP contribution is 2.22. The highest BCUT2D eigenvalue weighted by Gasteiger charge is 2.07. The van der Waals surface area contributed by atoms with Crippen molar-refractivity contribution in [1.82, 2.24) is 4.98 Å². The molecule has 2 rings (SSSR count). The first kappa shape index (κ1) is 16.4. The SMILES string of the molecule is CC.CCOC(=O)CCc1nc(-c2ccccc2)cs1. The molecule has 1 aromatic carbocycles. The third-order valence-electron chi connectivity index (χ3n) is 2.47. The van der Waals surface area contributed by atoms with Crippen LogP contribution in [-0.4, -0.2) is 17.6 Å². The third-order valence-corrected chi connectivity index (χ3v) is 3.38. The van der Waals surface area contributed by atoms with E-state index in [9.17, 15) is 4.79 Å². The fourth-order valence-electron chi connectivity index (χ4n) is 1.61. The van der Waals surface area contributed by atoms with E-state index in [1.54, 1.807) is 11.3 Å². The lowest BCUT2D eigenvalue weighted by Crippen LogP contribution is -2.04. The molecule has 4 heteroatoms. The van der Waals surface area contributed by atoms with Crippen molar-refractivity contribution < 1.29 is 9.53 Å². The lowest BCUT2D eigenvalue weighted by molar-refractivity contribution is -0.143. The first-order chi connectivity index (χ1) is 9.79. The molecule has 0 aliphatic heterocycles. The smallest absolute Gasteiger partial charge is 0.306 e. The van der Waals surface area contributed by atoms with Crippen molar-refractivity contribution in [2.24, 2.45) is 0 Å². The maximum atomic E-state index is 11.2. The minimum atomic E-state index is -0.158. The van der Waals surface area contributed by atoms with Crippen molar-refractivity contribution in [3.63, 3.8) is 0 Å². The fraction of sp³-hybridized carbons (Fsp3) is 0.375. The van der Waals surface area contributed by atoms with Crippen LogP contribution < -0.4 is 0 Å². The van der Waals surface area contributed by atoms with Gasteiger partial charge in [0.25, 0.3) is 0 Å². The van der Waals surface area contributed by atoms with Crippen LogP contribution in [0.4, 0.5) is 0 Å². The number of benzene rings is 1. The molecule has 0 saturated carbocycles. The van der Waals surface area contributed by atoms with E-state index in [0.29, 0.717) is 19.4 Å². The lowest BCUT2D eigenvalue weighted by atomic mass is 10.2. The number of carbonyl (C=O) groups excluding carboxylic acids is 1. The summed E-state index contributed by atoms with van der Waals surface area (Å²) < 4.78 is 4.89. The summed E-state index contributed by atoms with van der Waals surface area (Å²) in [7, 11) is 0. The van der Waals surface area contributed by atoms with Gasteiger partial charge in [0.1, 0.15) is 0 Å². The maximum Gasteiger partial charge on any atom is 0.306 e. The molecule has 0 bridgehead atoms. The predicted molar refractivity (Wildman–Crippen MR) is 83.9 cm³/mol. The molecule has 3 nitrogen and oxygen atoms in total. The van der Waals surface area contributed by atoms with Gasteiger partial charge in [0.2, 0.25) is 0 Å². The highest BCUT2D eigenvalue weighted by atomic mass is 32.1. The first-order valence-electron chi connectivity index (χ1n) is 6.95. The van der Waals surface area contributed by atoms with Crippen LogP contribution >= 0.6 is 11.3 Å². The quantitative estimate of drug-likeness (QED) is 0.770. The number of carbonyl (C=O) groups is 1. The Hall–Kier alpha value is -1.68. The van der Waals surface area contributed by atoms with E-state index in [2.05, 4.69) is 4.98 Å². The van der Waals surface area contributed by atoms with Crippen LogP contribution in [0.25, 0.3) is 11.3 Å². The zero-order valence-electron chi connectivity index (χ0n) is 12.3. The average molecular weight is 291 g/mol. The minimum absolute atomic E-state index is 0.158. The van der Waals surface area contributed by atoms with Gasteiger partial charge in [-0.05, 0) is 6.92 Å². The van der Waals surface area contributed by atoms with Crippen LogP contribution in [0.5, 0.6) is 0 Å². The van der Waals surface area contributed by atoms with Gasteiger partial charge in [-0.3, -0.25) is 4.79 Å². The van der Waals surface area contributed by atoms with Gasteiger partial charge < -0.3 is 4.74 Å². The Balaban J connectivity index is 0.000000956. The highest BCUT2D eigenvalue weighted by molar-refractivity contribution is 7.09. The van der Waals surface area contributed by atoms with Crippen molar-refractivity contribution in [3.8, 4) is 11.3 Å². The normalized spacial score (nSPS) is 9.55. The summed E-state index contributed by atoms with van der Waals surface area (Å²) in [6, 6.07) is 10.0. The third kappa shape index (κ3) is 5.13. The second-order valence-corrected chi connectivity index (χ2v) is 4.74. The fourth-order valence-corrected chi connectivity index (χ4v) is 2.42. The molecule has 0 spiro atoms. The standard InChI is InChI=1S/C14H15NO2S.C2H6/c1-2-17-14(16)9-8-13-15-12(10-18-13)11-6-4-3-5-7-11;1-2/h3-7,10H,2,8-9H2,1H3;1-2H3. The van der Waals surface area contributed by atoms with Crippen LogP contribution in [0.1, 0.15) is 32.2 Å². The predicted octanol–water partition coefficient (Wildman–Crippen LogP) is 4.33. The minimum Gasteiger partial charge on any atom is -0.466 e. The Kier molecular flexibility index (Phi) is 7.58. The lowest BCUT2D eigenvalue weighted by Gasteiger charge is -1.99. The van der Waals surface area contributed by atoms with E-state index in [4.69, 9.17) is 4.74 Å². The van der Waals surface area contributed by atoms with E-state index >= 15 is 0 Å². The van der Waals surface area contributed by atoms with Crippen LogP contribution in [0.2, 0.25) is 0 Å². The number of aryl methyl sites for hydroxylation is 1. The number of hydrogen-bond acceptors (Lipinski definition) is 4. The number of aromatic nitrogens is 1. The molecule has 0 saturated heterocycles. The molecule has 0 aliphatic carbocycles. The largest absolute Gasteiger partial charge is 0.466 e. The molecule has 1 aromatic heterocycles. The first-order valence-corrected chi connectivity index (χ1v) is 7.83. The summed E-state index contributed by atoms with van der Waals surface area (Å²) in [4.78, 5) is 15.8. The van der Waals surface area contributed by atoms with Crippen molar-refractivity contribution >= 4 is 17.3 Å². The van der Waals surface area contributed by atoms with Gasteiger partial charge in [-0.15, -0.1) is 11.3 Å². The summed E-state index contributed by atoms with van der Waals surface area (Å²) in [5, 5.41) is 3.00. The van der Waals surface area contributed by atoms with Crippen molar-refractivity contribution in [2.75, 3.05) is 6.61 Å². The number of ether oxygens (including phenoxy) is 1. The van der Waals surface area contributed by atoms with Crippen molar-refractivity contribution in [3.05, 3.63) is 40.7 Å². The van der Waals surface area contributed by atoms with Gasteiger partial charge in [-0.1, -0.05) is 44.2 Å². The second-order valence-electron chi connectivity index (χ2n) is 3.80. The Morgan fingerprint density at radius 2 is 1.95 bits per heavy atom. The Morgan fingerprint density at radius 3 is 2.60 bits per heavy atom. The molecule has 0 aliphatic rings. The van der Waals surface area contributed by atoms with Crippen LogP contribution in [0.15, 0.2) is 35.7 Å². The Bertz CT molecular complexity index is 508.